The van der Waals surface area contributed by atoms with Crippen molar-refractivity contribution in [3.05, 3.63) is 29.3 Å². The van der Waals surface area contributed by atoms with Gasteiger partial charge in [-0.1, -0.05) is 6.92 Å². The molecule has 0 aliphatic rings. The maximum Gasteiger partial charge on any atom is 0.338 e. The first-order valence-corrected chi connectivity index (χ1v) is 5.05. The van der Waals surface area contributed by atoms with Crippen LogP contribution < -0.4 is 0 Å². The van der Waals surface area contributed by atoms with Gasteiger partial charge in [-0.05, 0) is 44.0 Å². The van der Waals surface area contributed by atoms with Crippen LogP contribution in [0.2, 0.25) is 0 Å². The number of ether oxygens (including phenoxy) is 1. The molecule has 0 bridgehead atoms. The number of phenolic OH excluding ortho intramolecular Hbond substituents is 1. The van der Waals surface area contributed by atoms with Crippen molar-refractivity contribution in [2.45, 2.75) is 33.3 Å². The smallest absolute Gasteiger partial charge is 0.338 e. The average molecular weight is 208 g/mol. The summed E-state index contributed by atoms with van der Waals surface area (Å²) in [6.45, 7) is 5.59. The first kappa shape index (κ1) is 11.6. The zero-order chi connectivity index (χ0) is 11.4. The maximum atomic E-state index is 11.6. The number of hydrogen-bond donors (Lipinski definition) is 1. The minimum absolute atomic E-state index is 0.0781. The molecule has 0 fully saturated rings. The van der Waals surface area contributed by atoms with Gasteiger partial charge in [-0.25, -0.2) is 4.79 Å². The highest BCUT2D eigenvalue weighted by atomic mass is 16.5. The summed E-state index contributed by atoms with van der Waals surface area (Å²) < 4.78 is 5.19. The number of carbonyl (C=O) groups excluding carboxylic acids is 1. The predicted octanol–water partition coefficient (Wildman–Crippen LogP) is 2.66. The third-order valence-electron chi connectivity index (χ3n) is 2.31. The van der Waals surface area contributed by atoms with Gasteiger partial charge in [0.15, 0.2) is 0 Å². The third kappa shape index (κ3) is 2.98. The lowest BCUT2D eigenvalue weighted by Crippen LogP contribution is -2.14. The molecular weight excluding hydrogens is 192 g/mol. The SMILES string of the molecule is CCC(C)OC(=O)c1ccc(O)cc1C. The largest absolute Gasteiger partial charge is 0.508 e. The second kappa shape index (κ2) is 4.82. The van der Waals surface area contributed by atoms with Crippen molar-refractivity contribution in [3.63, 3.8) is 0 Å². The molecule has 1 aromatic rings. The van der Waals surface area contributed by atoms with Crippen LogP contribution in [-0.2, 0) is 4.74 Å². The molecule has 82 valence electrons. The van der Waals surface area contributed by atoms with Gasteiger partial charge in [0, 0.05) is 0 Å². The molecule has 0 saturated carbocycles. The van der Waals surface area contributed by atoms with Gasteiger partial charge in [0.2, 0.25) is 0 Å². The summed E-state index contributed by atoms with van der Waals surface area (Å²) >= 11 is 0. The molecule has 0 aliphatic heterocycles. The predicted molar refractivity (Wildman–Crippen MR) is 58.0 cm³/mol. The van der Waals surface area contributed by atoms with E-state index < -0.39 is 0 Å². The van der Waals surface area contributed by atoms with Crippen LogP contribution in [0.5, 0.6) is 5.75 Å². The Balaban J connectivity index is 2.82. The number of aromatic hydroxyl groups is 1. The highest BCUT2D eigenvalue weighted by molar-refractivity contribution is 5.91. The maximum absolute atomic E-state index is 11.6. The molecule has 3 heteroatoms. The number of esters is 1. The first-order chi connectivity index (χ1) is 7.04. The number of aryl methyl sites for hydroxylation is 1. The molecule has 0 radical (unpaired) electrons. The second-order valence-electron chi connectivity index (χ2n) is 3.62. The van der Waals surface area contributed by atoms with E-state index in [-0.39, 0.29) is 17.8 Å². The van der Waals surface area contributed by atoms with E-state index in [0.717, 1.165) is 12.0 Å². The highest BCUT2D eigenvalue weighted by Gasteiger charge is 2.13. The summed E-state index contributed by atoms with van der Waals surface area (Å²) in [5.41, 5.74) is 1.23. The summed E-state index contributed by atoms with van der Waals surface area (Å²) in [7, 11) is 0. The fourth-order valence-electron chi connectivity index (χ4n) is 1.21. The molecule has 1 aromatic carbocycles. The van der Waals surface area contributed by atoms with Crippen LogP contribution in [0, 0.1) is 6.92 Å². The number of phenols is 1. The van der Waals surface area contributed by atoms with Crippen molar-refractivity contribution in [2.24, 2.45) is 0 Å². The Morgan fingerprint density at radius 2 is 2.20 bits per heavy atom. The van der Waals surface area contributed by atoms with Crippen molar-refractivity contribution < 1.29 is 14.6 Å². The molecule has 0 spiro atoms. The zero-order valence-corrected chi connectivity index (χ0v) is 9.28. The molecule has 0 aromatic heterocycles. The number of rotatable bonds is 3. The molecule has 3 nitrogen and oxygen atoms in total. The van der Waals surface area contributed by atoms with E-state index in [1.165, 1.54) is 6.07 Å². The van der Waals surface area contributed by atoms with Crippen molar-refractivity contribution in [2.75, 3.05) is 0 Å². The average Bonchev–Trinajstić information content (AvgIpc) is 2.17. The number of carbonyl (C=O) groups is 1. The molecule has 0 heterocycles. The summed E-state index contributed by atoms with van der Waals surface area (Å²) in [6, 6.07) is 4.61. The fraction of sp³-hybridized carbons (Fsp3) is 0.417. The van der Waals surface area contributed by atoms with Crippen molar-refractivity contribution >= 4 is 5.97 Å². The van der Waals surface area contributed by atoms with Crippen LogP contribution in [0.15, 0.2) is 18.2 Å². The number of benzene rings is 1. The van der Waals surface area contributed by atoms with Gasteiger partial charge in [0.05, 0.1) is 11.7 Å². The van der Waals surface area contributed by atoms with Crippen LogP contribution in [0.4, 0.5) is 0 Å². The topological polar surface area (TPSA) is 46.5 Å². The summed E-state index contributed by atoms with van der Waals surface area (Å²) in [5.74, 6) is -0.172. The number of hydrogen-bond acceptors (Lipinski definition) is 3. The first-order valence-electron chi connectivity index (χ1n) is 5.05. The normalized spacial score (nSPS) is 12.2. The van der Waals surface area contributed by atoms with Crippen LogP contribution >= 0.6 is 0 Å². The molecule has 0 amide bonds. The van der Waals surface area contributed by atoms with Crippen LogP contribution in [0.1, 0.15) is 36.2 Å². The fourth-order valence-corrected chi connectivity index (χ4v) is 1.21. The Bertz CT molecular complexity index is 358. The molecular formula is C12H16O3. The van der Waals surface area contributed by atoms with Crippen molar-refractivity contribution in [1.29, 1.82) is 0 Å². The van der Waals surface area contributed by atoms with Crippen LogP contribution in [0.3, 0.4) is 0 Å². The van der Waals surface area contributed by atoms with Crippen molar-refractivity contribution in [1.82, 2.24) is 0 Å². The van der Waals surface area contributed by atoms with Crippen LogP contribution in [0.25, 0.3) is 0 Å². The molecule has 1 unspecified atom stereocenters. The molecule has 0 aliphatic carbocycles. The molecule has 1 atom stereocenters. The summed E-state index contributed by atoms with van der Waals surface area (Å²) in [5, 5.41) is 9.20. The van der Waals surface area contributed by atoms with Gasteiger partial charge < -0.3 is 9.84 Å². The van der Waals surface area contributed by atoms with E-state index in [1.807, 2.05) is 13.8 Å². The molecule has 15 heavy (non-hydrogen) atoms. The van der Waals surface area contributed by atoms with Gasteiger partial charge >= 0.3 is 5.97 Å². The van der Waals surface area contributed by atoms with E-state index in [2.05, 4.69) is 0 Å². The molecule has 0 saturated heterocycles. The monoisotopic (exact) mass is 208 g/mol. The standard InChI is InChI=1S/C12H16O3/c1-4-9(3)15-12(14)11-6-5-10(13)7-8(11)2/h5-7,9,13H,4H2,1-3H3. The minimum atomic E-state index is -0.332. The van der Waals surface area contributed by atoms with Gasteiger partial charge in [0.1, 0.15) is 5.75 Å². The van der Waals surface area contributed by atoms with E-state index >= 15 is 0 Å². The Labute approximate surface area is 89.7 Å². The van der Waals surface area contributed by atoms with E-state index in [1.54, 1.807) is 19.1 Å². The van der Waals surface area contributed by atoms with Gasteiger partial charge in [-0.3, -0.25) is 0 Å². The summed E-state index contributed by atoms with van der Waals surface area (Å²) in [6.07, 6.45) is 0.716. The Morgan fingerprint density at radius 1 is 1.53 bits per heavy atom. The molecule has 1 N–H and O–H groups in total. The lowest BCUT2D eigenvalue weighted by atomic mass is 10.1. The Morgan fingerprint density at radius 3 is 2.73 bits per heavy atom. The Kier molecular flexibility index (Phi) is 3.72. The van der Waals surface area contributed by atoms with E-state index in [9.17, 15) is 9.90 Å². The lowest BCUT2D eigenvalue weighted by Gasteiger charge is -2.12. The second-order valence-corrected chi connectivity index (χ2v) is 3.62. The van der Waals surface area contributed by atoms with Crippen LogP contribution in [-0.4, -0.2) is 17.2 Å². The van der Waals surface area contributed by atoms with Crippen molar-refractivity contribution in [3.8, 4) is 5.75 Å². The highest BCUT2D eigenvalue weighted by Crippen LogP contribution is 2.17. The van der Waals surface area contributed by atoms with E-state index in [0.29, 0.717) is 5.56 Å². The lowest BCUT2D eigenvalue weighted by molar-refractivity contribution is 0.0333. The summed E-state index contributed by atoms with van der Waals surface area (Å²) in [4.78, 5) is 11.6. The van der Waals surface area contributed by atoms with Gasteiger partial charge in [-0.15, -0.1) is 0 Å². The third-order valence-corrected chi connectivity index (χ3v) is 2.31. The minimum Gasteiger partial charge on any atom is -0.508 e. The quantitative estimate of drug-likeness (QED) is 0.777. The van der Waals surface area contributed by atoms with Gasteiger partial charge in [-0.2, -0.15) is 0 Å². The van der Waals surface area contributed by atoms with Gasteiger partial charge in [0.25, 0.3) is 0 Å². The Hall–Kier alpha value is -1.51. The van der Waals surface area contributed by atoms with E-state index in [4.69, 9.17) is 4.74 Å². The zero-order valence-electron chi connectivity index (χ0n) is 9.28. The molecule has 1 rings (SSSR count).